The van der Waals surface area contributed by atoms with Gasteiger partial charge >= 0.3 is 0 Å². The summed E-state index contributed by atoms with van der Waals surface area (Å²) in [5.41, 5.74) is 3.03. The molecule has 0 aliphatic heterocycles. The standard InChI is InChI=1S/C50H79N3O3S/c1-4-7-10-13-16-19-21-24-27-30-39-55-47-37-34-44(41-48(47)56-40-31-28-25-22-20-17-14-11-8-5-2)49-52-53-42-46(51-50(53)57-49)43-32-35-45(36-33-43)54-38-29-26-23-18-15-12-9-6-3/h32-37,41-42H,4-31,38-40H2,1-3H3. The molecule has 0 aliphatic rings. The second kappa shape index (κ2) is 30.1. The highest BCUT2D eigenvalue weighted by atomic mass is 32.1. The normalized spacial score (nSPS) is 11.5. The van der Waals surface area contributed by atoms with Crippen molar-refractivity contribution < 1.29 is 14.2 Å². The molecule has 0 atom stereocenters. The number of benzene rings is 2. The minimum Gasteiger partial charge on any atom is -0.494 e. The van der Waals surface area contributed by atoms with Crippen molar-refractivity contribution in [3.8, 4) is 39.1 Å². The van der Waals surface area contributed by atoms with Crippen molar-refractivity contribution in [1.29, 1.82) is 0 Å². The van der Waals surface area contributed by atoms with Crippen molar-refractivity contribution in [2.24, 2.45) is 0 Å². The molecule has 2 aromatic heterocycles. The zero-order valence-electron chi connectivity index (χ0n) is 36.5. The maximum Gasteiger partial charge on any atom is 0.213 e. The van der Waals surface area contributed by atoms with Crippen LogP contribution in [0.5, 0.6) is 17.2 Å². The molecule has 0 radical (unpaired) electrons. The zero-order valence-corrected chi connectivity index (χ0v) is 37.3. The number of rotatable bonds is 36. The predicted octanol–water partition coefficient (Wildman–Crippen LogP) is 16.2. The Labute approximate surface area is 351 Å². The monoisotopic (exact) mass is 802 g/mol. The fraction of sp³-hybridized carbons (Fsp3) is 0.680. The van der Waals surface area contributed by atoms with E-state index in [-0.39, 0.29) is 0 Å². The van der Waals surface area contributed by atoms with Crippen LogP contribution >= 0.6 is 11.3 Å². The van der Waals surface area contributed by atoms with E-state index in [9.17, 15) is 0 Å². The molecule has 0 fully saturated rings. The molecule has 4 aromatic rings. The van der Waals surface area contributed by atoms with E-state index >= 15 is 0 Å². The summed E-state index contributed by atoms with van der Waals surface area (Å²) in [4.78, 5) is 5.83. The molecule has 0 bridgehead atoms. The van der Waals surface area contributed by atoms with E-state index in [0.717, 1.165) is 76.5 Å². The molecular weight excluding hydrogens is 723 g/mol. The van der Waals surface area contributed by atoms with E-state index in [1.807, 2.05) is 10.7 Å². The summed E-state index contributed by atoms with van der Waals surface area (Å²) in [5.74, 6) is 2.59. The molecule has 0 N–H and O–H groups in total. The van der Waals surface area contributed by atoms with E-state index in [4.69, 9.17) is 24.3 Å². The van der Waals surface area contributed by atoms with Crippen LogP contribution in [0.2, 0.25) is 0 Å². The van der Waals surface area contributed by atoms with E-state index in [2.05, 4.69) is 63.2 Å². The largest absolute Gasteiger partial charge is 0.494 e. The second-order valence-corrected chi connectivity index (χ2v) is 17.3. The first-order valence-electron chi connectivity index (χ1n) is 23.7. The average Bonchev–Trinajstić information content (AvgIpc) is 3.82. The Morgan fingerprint density at radius 1 is 0.456 bits per heavy atom. The van der Waals surface area contributed by atoms with Crippen LogP contribution in [-0.4, -0.2) is 34.4 Å². The summed E-state index contributed by atoms with van der Waals surface area (Å²) in [6, 6.07) is 14.6. The number of aromatic nitrogens is 3. The van der Waals surface area contributed by atoms with Gasteiger partial charge in [-0.2, -0.15) is 5.10 Å². The summed E-state index contributed by atoms with van der Waals surface area (Å²) >= 11 is 1.61. The molecule has 2 heterocycles. The molecule has 318 valence electrons. The first-order valence-corrected chi connectivity index (χ1v) is 24.5. The molecule has 0 saturated carbocycles. The fourth-order valence-corrected chi connectivity index (χ4v) is 8.40. The summed E-state index contributed by atoms with van der Waals surface area (Å²) in [5, 5.41) is 5.88. The summed E-state index contributed by atoms with van der Waals surface area (Å²) in [6.45, 7) is 9.06. The molecule has 57 heavy (non-hydrogen) atoms. The number of unbranched alkanes of at least 4 members (excludes halogenated alkanes) is 25. The molecule has 2 aromatic carbocycles. The van der Waals surface area contributed by atoms with Crippen molar-refractivity contribution in [1.82, 2.24) is 14.6 Å². The van der Waals surface area contributed by atoms with Gasteiger partial charge in [0.2, 0.25) is 4.96 Å². The van der Waals surface area contributed by atoms with Gasteiger partial charge < -0.3 is 14.2 Å². The van der Waals surface area contributed by atoms with Gasteiger partial charge in [-0.15, -0.1) is 0 Å². The molecule has 6 nitrogen and oxygen atoms in total. The van der Waals surface area contributed by atoms with Crippen molar-refractivity contribution in [2.45, 2.75) is 201 Å². The zero-order chi connectivity index (χ0) is 40.0. The molecule has 0 amide bonds. The summed E-state index contributed by atoms with van der Waals surface area (Å²) < 4.78 is 20.7. The van der Waals surface area contributed by atoms with Gasteiger partial charge in [-0.25, -0.2) is 9.50 Å². The van der Waals surface area contributed by atoms with E-state index < -0.39 is 0 Å². The van der Waals surface area contributed by atoms with Crippen LogP contribution in [0.1, 0.15) is 201 Å². The molecule has 7 heteroatoms. The Balaban J connectivity index is 1.26. The smallest absolute Gasteiger partial charge is 0.213 e. The first kappa shape index (κ1) is 46.6. The van der Waals surface area contributed by atoms with Crippen molar-refractivity contribution in [2.75, 3.05) is 19.8 Å². The van der Waals surface area contributed by atoms with Crippen molar-refractivity contribution >= 4 is 16.3 Å². The summed E-state index contributed by atoms with van der Waals surface area (Å²) in [7, 11) is 0. The fourth-order valence-electron chi connectivity index (χ4n) is 7.52. The van der Waals surface area contributed by atoms with Gasteiger partial charge in [-0.05, 0) is 61.7 Å². The van der Waals surface area contributed by atoms with E-state index in [1.165, 1.54) is 161 Å². The number of imidazole rings is 1. The van der Waals surface area contributed by atoms with Crippen LogP contribution in [0.4, 0.5) is 0 Å². The summed E-state index contributed by atoms with van der Waals surface area (Å²) in [6.07, 6.45) is 38.8. The van der Waals surface area contributed by atoms with Gasteiger partial charge in [0.05, 0.1) is 31.7 Å². The lowest BCUT2D eigenvalue weighted by atomic mass is 10.1. The number of ether oxygens (including phenoxy) is 3. The molecular formula is C50H79N3O3S. The Bertz CT molecular complexity index is 1530. The Morgan fingerprint density at radius 2 is 0.877 bits per heavy atom. The molecule has 0 spiro atoms. The quantitative estimate of drug-likeness (QED) is 0.0429. The van der Waals surface area contributed by atoms with Crippen molar-refractivity contribution in [3.63, 3.8) is 0 Å². The van der Waals surface area contributed by atoms with Gasteiger partial charge in [0.15, 0.2) is 11.5 Å². The van der Waals surface area contributed by atoms with Gasteiger partial charge in [0.25, 0.3) is 0 Å². The van der Waals surface area contributed by atoms with Crippen LogP contribution in [0.15, 0.2) is 48.7 Å². The number of fused-ring (bicyclic) bond motifs is 1. The molecule has 0 aliphatic carbocycles. The predicted molar refractivity (Wildman–Crippen MR) is 245 cm³/mol. The maximum atomic E-state index is 6.44. The van der Waals surface area contributed by atoms with Gasteiger partial charge in [0.1, 0.15) is 10.8 Å². The van der Waals surface area contributed by atoms with Gasteiger partial charge in [-0.3, -0.25) is 0 Å². The highest BCUT2D eigenvalue weighted by Gasteiger charge is 2.15. The van der Waals surface area contributed by atoms with Crippen LogP contribution in [-0.2, 0) is 0 Å². The van der Waals surface area contributed by atoms with Crippen LogP contribution in [0, 0.1) is 0 Å². The van der Waals surface area contributed by atoms with Gasteiger partial charge in [0, 0.05) is 11.1 Å². The lowest BCUT2D eigenvalue weighted by Crippen LogP contribution is -2.03. The lowest BCUT2D eigenvalue weighted by molar-refractivity contribution is 0.258. The third-order valence-electron chi connectivity index (χ3n) is 11.2. The van der Waals surface area contributed by atoms with E-state index in [0.29, 0.717) is 6.61 Å². The average molecular weight is 802 g/mol. The SMILES string of the molecule is CCCCCCCCCCCCOc1ccc(-c2nn3cc(-c4ccc(OCCCCCCCCCC)cc4)nc3s2)cc1OCCCCCCCCCCCC. The number of hydrogen-bond donors (Lipinski definition) is 0. The van der Waals surface area contributed by atoms with E-state index in [1.54, 1.807) is 11.3 Å². The van der Waals surface area contributed by atoms with Crippen LogP contribution < -0.4 is 14.2 Å². The number of nitrogens with zero attached hydrogens (tertiary/aromatic N) is 3. The molecule has 4 rings (SSSR count). The van der Waals surface area contributed by atoms with Crippen LogP contribution in [0.25, 0.3) is 26.8 Å². The Hall–Kier alpha value is -3.06. The first-order chi connectivity index (χ1) is 28.2. The Kier molecular flexibility index (Phi) is 24.6. The minimum atomic E-state index is 0.710. The third-order valence-corrected chi connectivity index (χ3v) is 12.1. The highest BCUT2D eigenvalue weighted by Crippen LogP contribution is 2.36. The van der Waals surface area contributed by atoms with Crippen molar-refractivity contribution in [3.05, 3.63) is 48.7 Å². The second-order valence-electron chi connectivity index (χ2n) is 16.3. The highest BCUT2D eigenvalue weighted by molar-refractivity contribution is 7.19. The minimum absolute atomic E-state index is 0.710. The third kappa shape index (κ3) is 19.0. The molecule has 0 unspecified atom stereocenters. The lowest BCUT2D eigenvalue weighted by Gasteiger charge is -2.14. The van der Waals surface area contributed by atoms with Crippen LogP contribution in [0.3, 0.4) is 0 Å². The van der Waals surface area contributed by atoms with Gasteiger partial charge in [-0.1, -0.05) is 193 Å². The Morgan fingerprint density at radius 3 is 1.35 bits per heavy atom. The molecule has 0 saturated heterocycles. The maximum absolute atomic E-state index is 6.44. The topological polar surface area (TPSA) is 57.9 Å². The number of hydrogen-bond acceptors (Lipinski definition) is 6.